The second-order valence-electron chi connectivity index (χ2n) is 4.24. The van der Waals surface area contributed by atoms with E-state index in [0.717, 1.165) is 5.82 Å². The Morgan fingerprint density at radius 2 is 1.93 bits per heavy atom. The van der Waals surface area contributed by atoms with Crippen molar-refractivity contribution in [3.05, 3.63) is 17.5 Å². The summed E-state index contributed by atoms with van der Waals surface area (Å²) >= 11 is 5.88. The molecule has 1 saturated heterocycles. The molecule has 0 bridgehead atoms. The van der Waals surface area contributed by atoms with Gasteiger partial charge < -0.3 is 4.90 Å². The van der Waals surface area contributed by atoms with Crippen LogP contribution >= 0.6 is 11.6 Å². The number of aromatic nitrogens is 2. The second-order valence-corrected chi connectivity index (χ2v) is 4.62. The van der Waals surface area contributed by atoms with E-state index in [9.17, 15) is 0 Å². The maximum absolute atomic E-state index is 5.88. The Kier molecular flexibility index (Phi) is 3.10. The lowest BCUT2D eigenvalue weighted by atomic mass is 9.98. The van der Waals surface area contributed by atoms with Crippen molar-refractivity contribution in [1.29, 1.82) is 0 Å². The summed E-state index contributed by atoms with van der Waals surface area (Å²) in [7, 11) is 0. The minimum absolute atomic E-state index is 0.518. The van der Waals surface area contributed by atoms with Crippen molar-refractivity contribution < 1.29 is 0 Å². The van der Waals surface area contributed by atoms with Crippen molar-refractivity contribution in [3.63, 3.8) is 0 Å². The van der Waals surface area contributed by atoms with Crippen molar-refractivity contribution in [1.82, 2.24) is 9.97 Å². The summed E-state index contributed by atoms with van der Waals surface area (Å²) in [6.07, 6.45) is 5.29. The van der Waals surface area contributed by atoms with Crippen molar-refractivity contribution in [2.45, 2.75) is 45.2 Å². The molecule has 0 saturated carbocycles. The molecule has 0 aromatic carbocycles. The highest BCUT2D eigenvalue weighted by atomic mass is 35.5. The number of halogens is 1. The molecule has 1 aromatic heterocycles. The fraction of sp³-hybridized carbons (Fsp3) is 0.636. The first-order valence-corrected chi connectivity index (χ1v) is 5.82. The van der Waals surface area contributed by atoms with E-state index in [1.165, 1.54) is 25.6 Å². The molecule has 0 N–H and O–H groups in total. The third-order valence-electron chi connectivity index (χ3n) is 3.08. The number of piperidine rings is 1. The largest absolute Gasteiger partial charge is 0.351 e. The van der Waals surface area contributed by atoms with Gasteiger partial charge in [0.2, 0.25) is 0 Å². The minimum Gasteiger partial charge on any atom is -0.351 e. The minimum atomic E-state index is 0.518. The molecule has 2 heterocycles. The van der Waals surface area contributed by atoms with Crippen LogP contribution in [-0.2, 0) is 0 Å². The maximum atomic E-state index is 5.88. The molecule has 82 valence electrons. The van der Waals surface area contributed by atoms with E-state index in [2.05, 4.69) is 28.7 Å². The van der Waals surface area contributed by atoms with Crippen molar-refractivity contribution >= 4 is 17.4 Å². The van der Waals surface area contributed by atoms with Gasteiger partial charge in [0.15, 0.2) is 0 Å². The number of nitrogens with zero attached hydrogens (tertiary/aromatic N) is 3. The van der Waals surface area contributed by atoms with Gasteiger partial charge in [-0.3, -0.25) is 0 Å². The van der Waals surface area contributed by atoms with E-state index in [1.54, 1.807) is 0 Å². The summed E-state index contributed by atoms with van der Waals surface area (Å²) < 4.78 is 0. The molecule has 1 aliphatic rings. The highest BCUT2D eigenvalue weighted by molar-refractivity contribution is 6.29. The third-order valence-corrected chi connectivity index (χ3v) is 3.28. The number of hydrogen-bond donors (Lipinski definition) is 0. The van der Waals surface area contributed by atoms with Gasteiger partial charge in [0.05, 0.1) is 0 Å². The van der Waals surface area contributed by atoms with Crippen LogP contribution < -0.4 is 4.90 Å². The van der Waals surface area contributed by atoms with Crippen molar-refractivity contribution in [2.75, 3.05) is 4.90 Å². The molecule has 1 fully saturated rings. The zero-order valence-electron chi connectivity index (χ0n) is 9.15. The van der Waals surface area contributed by atoms with E-state index in [1.807, 2.05) is 6.07 Å². The quantitative estimate of drug-likeness (QED) is 0.689. The molecule has 2 atom stereocenters. The average Bonchev–Trinajstić information content (AvgIpc) is 2.17. The van der Waals surface area contributed by atoms with Gasteiger partial charge in [-0.15, -0.1) is 0 Å². The van der Waals surface area contributed by atoms with Gasteiger partial charge >= 0.3 is 0 Å². The normalized spacial score (nSPS) is 26.7. The van der Waals surface area contributed by atoms with Crippen LogP contribution in [0.3, 0.4) is 0 Å². The van der Waals surface area contributed by atoms with Gasteiger partial charge in [-0.05, 0) is 33.1 Å². The van der Waals surface area contributed by atoms with Gasteiger partial charge in [0.1, 0.15) is 17.3 Å². The molecule has 0 spiro atoms. The zero-order chi connectivity index (χ0) is 10.8. The summed E-state index contributed by atoms with van der Waals surface area (Å²) in [6.45, 7) is 4.48. The Balaban J connectivity index is 2.27. The van der Waals surface area contributed by atoms with Crippen LogP contribution in [0.15, 0.2) is 12.4 Å². The van der Waals surface area contributed by atoms with Crippen molar-refractivity contribution in [3.8, 4) is 0 Å². The van der Waals surface area contributed by atoms with Crippen LogP contribution in [0.25, 0.3) is 0 Å². The first kappa shape index (κ1) is 10.7. The number of anilines is 1. The highest BCUT2D eigenvalue weighted by Crippen LogP contribution is 2.28. The van der Waals surface area contributed by atoms with E-state index in [-0.39, 0.29) is 0 Å². The summed E-state index contributed by atoms with van der Waals surface area (Å²) in [5.74, 6) is 0.953. The number of rotatable bonds is 1. The van der Waals surface area contributed by atoms with Gasteiger partial charge in [-0.1, -0.05) is 11.6 Å². The lowest BCUT2D eigenvalue weighted by Gasteiger charge is -2.39. The molecule has 1 aromatic rings. The van der Waals surface area contributed by atoms with Crippen LogP contribution in [0.2, 0.25) is 5.15 Å². The van der Waals surface area contributed by atoms with Crippen LogP contribution in [0, 0.1) is 0 Å². The maximum Gasteiger partial charge on any atom is 0.134 e. The van der Waals surface area contributed by atoms with Crippen LogP contribution in [-0.4, -0.2) is 22.1 Å². The van der Waals surface area contributed by atoms with Crippen LogP contribution in [0.1, 0.15) is 33.1 Å². The summed E-state index contributed by atoms with van der Waals surface area (Å²) in [5.41, 5.74) is 0. The molecule has 0 radical (unpaired) electrons. The summed E-state index contributed by atoms with van der Waals surface area (Å²) in [5, 5.41) is 0.518. The lowest BCUT2D eigenvalue weighted by Crippen LogP contribution is -2.44. The number of hydrogen-bond acceptors (Lipinski definition) is 3. The Hall–Kier alpha value is -0.830. The van der Waals surface area contributed by atoms with Crippen LogP contribution in [0.5, 0.6) is 0 Å². The topological polar surface area (TPSA) is 29.0 Å². The fourth-order valence-electron chi connectivity index (χ4n) is 2.34. The Bertz CT molecular complexity index is 332. The van der Waals surface area contributed by atoms with Crippen molar-refractivity contribution in [2.24, 2.45) is 0 Å². The van der Waals surface area contributed by atoms with E-state index >= 15 is 0 Å². The SMILES string of the molecule is C[C@H]1CCC[C@H](C)N1c1cc(Cl)ncn1. The molecule has 3 nitrogen and oxygen atoms in total. The second kappa shape index (κ2) is 4.35. The predicted octanol–water partition coefficient (Wildman–Crippen LogP) is 2.90. The third kappa shape index (κ3) is 2.23. The van der Waals surface area contributed by atoms with Gasteiger partial charge in [-0.25, -0.2) is 9.97 Å². The highest BCUT2D eigenvalue weighted by Gasteiger charge is 2.25. The Labute approximate surface area is 95.5 Å². The molecular formula is C11H16ClN3. The van der Waals surface area contributed by atoms with E-state index in [4.69, 9.17) is 11.6 Å². The molecule has 0 unspecified atom stereocenters. The first-order valence-electron chi connectivity index (χ1n) is 5.44. The zero-order valence-corrected chi connectivity index (χ0v) is 9.91. The predicted molar refractivity (Wildman–Crippen MR) is 62.3 cm³/mol. The van der Waals surface area contributed by atoms with E-state index in [0.29, 0.717) is 17.2 Å². The molecule has 4 heteroatoms. The first-order chi connectivity index (χ1) is 7.18. The molecular weight excluding hydrogens is 210 g/mol. The van der Waals surface area contributed by atoms with Gasteiger partial charge in [-0.2, -0.15) is 0 Å². The molecule has 2 rings (SSSR count). The Morgan fingerprint density at radius 1 is 1.27 bits per heavy atom. The Morgan fingerprint density at radius 3 is 2.53 bits per heavy atom. The standard InChI is InChI=1S/C11H16ClN3/c1-8-4-3-5-9(2)15(8)11-6-10(12)13-7-14-11/h6-9H,3-5H2,1-2H3/t8-,9-/m0/s1. The van der Waals surface area contributed by atoms with Gasteiger partial charge in [0.25, 0.3) is 0 Å². The lowest BCUT2D eigenvalue weighted by molar-refractivity contribution is 0.411. The van der Waals surface area contributed by atoms with E-state index < -0.39 is 0 Å². The molecule has 0 aliphatic carbocycles. The smallest absolute Gasteiger partial charge is 0.134 e. The summed E-state index contributed by atoms with van der Waals surface area (Å²) in [6, 6.07) is 2.93. The van der Waals surface area contributed by atoms with Crippen LogP contribution in [0.4, 0.5) is 5.82 Å². The average molecular weight is 226 g/mol. The fourth-order valence-corrected chi connectivity index (χ4v) is 2.48. The molecule has 15 heavy (non-hydrogen) atoms. The monoisotopic (exact) mass is 225 g/mol. The summed E-state index contributed by atoms with van der Waals surface area (Å²) in [4.78, 5) is 10.6. The molecule has 1 aliphatic heterocycles. The van der Waals surface area contributed by atoms with Gasteiger partial charge in [0, 0.05) is 18.2 Å². The molecule has 0 amide bonds.